The van der Waals surface area contributed by atoms with E-state index in [2.05, 4.69) is 49.4 Å². The van der Waals surface area contributed by atoms with Crippen LogP contribution in [0.3, 0.4) is 0 Å². The first-order valence-corrected chi connectivity index (χ1v) is 10.0. The standard InChI is InChI=1S/C23H21N7/c24-13-18-4-5-19(14-27-18)28-23-26-10-8-21(29-23)22-2-1-11-30(22)15-16-3-6-20-17(12-16)7-9-25-20/h3-10,12,14,22,25H,1-2,11,15H2,(H,26,28,29)/t22-/m1/s1. The lowest BCUT2D eigenvalue weighted by Gasteiger charge is -2.24. The Morgan fingerprint density at radius 2 is 2.13 bits per heavy atom. The third-order valence-electron chi connectivity index (χ3n) is 5.52. The minimum atomic E-state index is 0.273. The molecule has 0 spiro atoms. The molecule has 1 saturated heterocycles. The monoisotopic (exact) mass is 395 g/mol. The predicted octanol–water partition coefficient (Wildman–Crippen LogP) is 4.31. The SMILES string of the molecule is N#Cc1ccc(Nc2nccc([C@H]3CCCN3Cc3ccc4[nH]ccc4c3)n2)cn1. The second-order valence-electron chi connectivity index (χ2n) is 7.50. The van der Waals surface area contributed by atoms with Gasteiger partial charge in [0, 0.05) is 24.5 Å². The summed E-state index contributed by atoms with van der Waals surface area (Å²) in [5, 5.41) is 13.3. The van der Waals surface area contributed by atoms with E-state index in [4.69, 9.17) is 10.2 Å². The largest absolute Gasteiger partial charge is 0.361 e. The van der Waals surface area contributed by atoms with Crippen LogP contribution in [0.2, 0.25) is 0 Å². The van der Waals surface area contributed by atoms with Crippen LogP contribution in [0.5, 0.6) is 0 Å². The fraction of sp³-hybridized carbons (Fsp3) is 0.217. The highest BCUT2D eigenvalue weighted by Crippen LogP contribution is 2.33. The van der Waals surface area contributed by atoms with Gasteiger partial charge in [-0.3, -0.25) is 4.90 Å². The summed E-state index contributed by atoms with van der Waals surface area (Å²) in [5.41, 5.74) is 4.64. The number of H-pyrrole nitrogens is 1. The molecule has 0 bridgehead atoms. The summed E-state index contributed by atoms with van der Waals surface area (Å²) in [4.78, 5) is 18.9. The fourth-order valence-electron chi connectivity index (χ4n) is 4.07. The Kier molecular flexibility index (Phi) is 4.83. The van der Waals surface area contributed by atoms with Crippen molar-refractivity contribution >= 4 is 22.5 Å². The molecule has 4 heterocycles. The van der Waals surface area contributed by atoms with E-state index in [1.807, 2.05) is 18.3 Å². The quantitative estimate of drug-likeness (QED) is 0.523. The van der Waals surface area contributed by atoms with Crippen LogP contribution < -0.4 is 5.32 Å². The van der Waals surface area contributed by atoms with E-state index >= 15 is 0 Å². The summed E-state index contributed by atoms with van der Waals surface area (Å²) in [5.74, 6) is 0.541. The Balaban J connectivity index is 1.33. The van der Waals surface area contributed by atoms with Gasteiger partial charge in [0.05, 0.1) is 23.6 Å². The molecule has 4 aromatic rings. The maximum atomic E-state index is 8.88. The van der Waals surface area contributed by atoms with Gasteiger partial charge in [-0.1, -0.05) is 6.07 Å². The molecule has 1 aliphatic heterocycles. The average Bonchev–Trinajstić information content (AvgIpc) is 3.43. The molecular formula is C23H21N7. The van der Waals surface area contributed by atoms with Crippen molar-refractivity contribution < 1.29 is 0 Å². The molecule has 7 nitrogen and oxygen atoms in total. The van der Waals surface area contributed by atoms with Crippen LogP contribution in [0, 0.1) is 11.3 Å². The minimum Gasteiger partial charge on any atom is -0.361 e. The van der Waals surface area contributed by atoms with E-state index in [-0.39, 0.29) is 6.04 Å². The summed E-state index contributed by atoms with van der Waals surface area (Å²) >= 11 is 0. The number of aromatic amines is 1. The average molecular weight is 395 g/mol. The second-order valence-corrected chi connectivity index (χ2v) is 7.50. The zero-order valence-corrected chi connectivity index (χ0v) is 16.4. The molecule has 1 fully saturated rings. The summed E-state index contributed by atoms with van der Waals surface area (Å²) in [6.45, 7) is 1.96. The number of pyridine rings is 1. The summed E-state index contributed by atoms with van der Waals surface area (Å²) in [6.07, 6.45) is 7.63. The van der Waals surface area contributed by atoms with Gasteiger partial charge in [-0.05, 0) is 66.7 Å². The summed E-state index contributed by atoms with van der Waals surface area (Å²) in [7, 11) is 0. The maximum absolute atomic E-state index is 8.88. The lowest BCUT2D eigenvalue weighted by molar-refractivity contribution is 0.244. The summed E-state index contributed by atoms with van der Waals surface area (Å²) < 4.78 is 0. The van der Waals surface area contributed by atoms with Crippen LogP contribution in [-0.4, -0.2) is 31.4 Å². The zero-order valence-electron chi connectivity index (χ0n) is 16.4. The first-order chi connectivity index (χ1) is 14.8. The van der Waals surface area contributed by atoms with Gasteiger partial charge in [0.2, 0.25) is 5.95 Å². The molecule has 148 valence electrons. The van der Waals surface area contributed by atoms with Crippen molar-refractivity contribution in [3.05, 3.63) is 78.0 Å². The second kappa shape index (κ2) is 7.93. The topological polar surface area (TPSA) is 93.5 Å². The van der Waals surface area contributed by atoms with Gasteiger partial charge in [0.25, 0.3) is 0 Å². The van der Waals surface area contributed by atoms with Crippen molar-refractivity contribution in [1.29, 1.82) is 5.26 Å². The number of rotatable bonds is 5. The third kappa shape index (κ3) is 3.73. The van der Waals surface area contributed by atoms with Crippen molar-refractivity contribution in [2.75, 3.05) is 11.9 Å². The number of aromatic nitrogens is 4. The van der Waals surface area contributed by atoms with Crippen molar-refractivity contribution in [3.63, 3.8) is 0 Å². The number of benzene rings is 1. The Labute approximate surface area is 174 Å². The van der Waals surface area contributed by atoms with Gasteiger partial charge >= 0.3 is 0 Å². The highest BCUT2D eigenvalue weighted by Gasteiger charge is 2.27. The number of anilines is 2. The lowest BCUT2D eigenvalue weighted by Crippen LogP contribution is -2.23. The van der Waals surface area contributed by atoms with Crippen molar-refractivity contribution in [3.8, 4) is 6.07 Å². The van der Waals surface area contributed by atoms with Crippen molar-refractivity contribution in [1.82, 2.24) is 24.8 Å². The van der Waals surface area contributed by atoms with E-state index in [9.17, 15) is 0 Å². The predicted molar refractivity (Wildman–Crippen MR) is 115 cm³/mol. The first kappa shape index (κ1) is 18.3. The number of hydrogen-bond acceptors (Lipinski definition) is 6. The molecule has 30 heavy (non-hydrogen) atoms. The normalized spacial score (nSPS) is 16.6. The molecule has 5 rings (SSSR count). The lowest BCUT2D eigenvalue weighted by atomic mass is 10.1. The molecular weight excluding hydrogens is 374 g/mol. The van der Waals surface area contributed by atoms with Crippen LogP contribution in [0.15, 0.2) is 61.1 Å². The molecule has 1 aromatic carbocycles. The zero-order chi connectivity index (χ0) is 20.3. The van der Waals surface area contributed by atoms with Crippen LogP contribution in [0.25, 0.3) is 10.9 Å². The van der Waals surface area contributed by atoms with E-state index in [1.54, 1.807) is 24.5 Å². The number of nitrogens with one attached hydrogen (secondary N) is 2. The van der Waals surface area contributed by atoms with Crippen LogP contribution in [0.1, 0.15) is 35.8 Å². The highest BCUT2D eigenvalue weighted by atomic mass is 15.2. The smallest absolute Gasteiger partial charge is 0.227 e. The number of nitrogens with zero attached hydrogens (tertiary/aromatic N) is 5. The molecule has 0 unspecified atom stereocenters. The molecule has 0 radical (unpaired) electrons. The highest BCUT2D eigenvalue weighted by molar-refractivity contribution is 5.79. The first-order valence-electron chi connectivity index (χ1n) is 10.0. The fourth-order valence-corrected chi connectivity index (χ4v) is 4.07. The Hall–Kier alpha value is -3.76. The van der Waals surface area contributed by atoms with Gasteiger partial charge in [-0.2, -0.15) is 5.26 Å². The van der Waals surface area contributed by atoms with Crippen molar-refractivity contribution in [2.45, 2.75) is 25.4 Å². The molecule has 0 saturated carbocycles. The number of likely N-dealkylation sites (tertiary alicyclic amines) is 1. The minimum absolute atomic E-state index is 0.273. The Morgan fingerprint density at radius 3 is 3.00 bits per heavy atom. The van der Waals surface area contributed by atoms with E-state index in [1.165, 1.54) is 16.5 Å². The molecule has 3 aromatic heterocycles. The molecule has 2 N–H and O–H groups in total. The molecule has 7 heteroatoms. The van der Waals surface area contributed by atoms with Gasteiger partial charge in [-0.25, -0.2) is 15.0 Å². The van der Waals surface area contributed by atoms with E-state index < -0.39 is 0 Å². The summed E-state index contributed by atoms with van der Waals surface area (Å²) in [6, 6.07) is 16.5. The van der Waals surface area contributed by atoms with Gasteiger partial charge in [0.1, 0.15) is 11.8 Å². The number of hydrogen-bond donors (Lipinski definition) is 2. The third-order valence-corrected chi connectivity index (χ3v) is 5.52. The molecule has 0 amide bonds. The van der Waals surface area contributed by atoms with Gasteiger partial charge in [-0.15, -0.1) is 0 Å². The Bertz CT molecular complexity index is 1210. The molecule has 1 aliphatic rings. The van der Waals surface area contributed by atoms with Crippen molar-refractivity contribution in [2.24, 2.45) is 0 Å². The van der Waals surface area contributed by atoms with Gasteiger partial charge < -0.3 is 10.3 Å². The van der Waals surface area contributed by atoms with E-state index in [0.717, 1.165) is 37.3 Å². The maximum Gasteiger partial charge on any atom is 0.227 e. The Morgan fingerprint density at radius 1 is 1.17 bits per heavy atom. The molecule has 0 aliphatic carbocycles. The number of nitriles is 1. The van der Waals surface area contributed by atoms with E-state index in [0.29, 0.717) is 11.6 Å². The number of fused-ring (bicyclic) bond motifs is 1. The van der Waals surface area contributed by atoms with Crippen LogP contribution in [-0.2, 0) is 6.54 Å². The van der Waals surface area contributed by atoms with Gasteiger partial charge in [0.15, 0.2) is 0 Å². The molecule has 1 atom stereocenters. The van der Waals surface area contributed by atoms with Crippen LogP contribution in [0.4, 0.5) is 11.6 Å². The van der Waals surface area contributed by atoms with Crippen LogP contribution >= 0.6 is 0 Å².